The van der Waals surface area contributed by atoms with Gasteiger partial charge in [-0.25, -0.2) is 0 Å². The molecule has 4 aromatic rings. The van der Waals surface area contributed by atoms with Crippen LogP contribution in [0.5, 0.6) is 0 Å². The van der Waals surface area contributed by atoms with E-state index in [1.807, 2.05) is 35.7 Å². The molecule has 1 atom stereocenters. The number of thiophene rings is 1. The van der Waals surface area contributed by atoms with Gasteiger partial charge in [-0.05, 0) is 65.9 Å². The SMILES string of the molecule is Cc1csc(CNc2ccc3c(c2)Sc2cccc(C4CN(c5ccc[nH]c5=O)CCO4)c2S3)c1. The van der Waals surface area contributed by atoms with Crippen molar-refractivity contribution in [2.75, 3.05) is 29.9 Å². The summed E-state index contributed by atoms with van der Waals surface area (Å²) >= 11 is 5.43. The molecule has 0 aliphatic carbocycles. The molecule has 1 unspecified atom stereocenters. The summed E-state index contributed by atoms with van der Waals surface area (Å²) in [7, 11) is 0. The van der Waals surface area contributed by atoms with E-state index >= 15 is 0 Å². The zero-order chi connectivity index (χ0) is 23.8. The van der Waals surface area contributed by atoms with E-state index in [0.717, 1.165) is 12.2 Å². The van der Waals surface area contributed by atoms with Crippen molar-refractivity contribution < 1.29 is 4.74 Å². The first-order valence-electron chi connectivity index (χ1n) is 11.6. The lowest BCUT2D eigenvalue weighted by molar-refractivity contribution is 0.0378. The Morgan fingerprint density at radius 3 is 2.89 bits per heavy atom. The molecule has 4 heterocycles. The summed E-state index contributed by atoms with van der Waals surface area (Å²) in [5, 5.41) is 5.76. The Morgan fingerprint density at radius 1 is 1.09 bits per heavy atom. The Kier molecular flexibility index (Phi) is 6.37. The van der Waals surface area contributed by atoms with Crippen LogP contribution in [0.25, 0.3) is 0 Å². The zero-order valence-electron chi connectivity index (χ0n) is 19.2. The van der Waals surface area contributed by atoms with Crippen molar-refractivity contribution in [1.29, 1.82) is 0 Å². The summed E-state index contributed by atoms with van der Waals surface area (Å²) in [6.45, 7) is 4.94. The average molecular weight is 520 g/mol. The molecule has 35 heavy (non-hydrogen) atoms. The number of hydrogen-bond acceptors (Lipinski definition) is 7. The van der Waals surface area contributed by atoms with Gasteiger partial charge in [-0.3, -0.25) is 4.79 Å². The number of morpholine rings is 1. The molecular weight excluding hydrogens is 495 g/mol. The summed E-state index contributed by atoms with van der Waals surface area (Å²) in [4.78, 5) is 23.6. The first kappa shape index (κ1) is 22.8. The highest BCUT2D eigenvalue weighted by atomic mass is 32.2. The van der Waals surface area contributed by atoms with Gasteiger partial charge in [0.15, 0.2) is 0 Å². The third kappa shape index (κ3) is 4.76. The summed E-state index contributed by atoms with van der Waals surface area (Å²) < 4.78 is 6.22. The van der Waals surface area contributed by atoms with Gasteiger partial charge >= 0.3 is 0 Å². The molecular formula is C27H25N3O2S3. The lowest BCUT2D eigenvalue weighted by Crippen LogP contribution is -2.41. The Bertz CT molecular complexity index is 1430. The number of ether oxygens (including phenoxy) is 1. The number of aromatic amines is 1. The fraction of sp³-hybridized carbons (Fsp3) is 0.222. The van der Waals surface area contributed by atoms with E-state index in [1.165, 1.54) is 35.6 Å². The molecule has 2 aromatic heterocycles. The second kappa shape index (κ2) is 9.78. The molecule has 5 nitrogen and oxygen atoms in total. The summed E-state index contributed by atoms with van der Waals surface area (Å²) in [6.07, 6.45) is 1.59. The molecule has 0 bridgehead atoms. The van der Waals surface area contributed by atoms with E-state index in [9.17, 15) is 4.79 Å². The molecule has 0 radical (unpaired) electrons. The fourth-order valence-electron chi connectivity index (χ4n) is 4.48. The standard InChI is InChI=1S/C27H25N3O2S3/c1-17-12-19(33-16-17)14-29-18-7-8-23-25(13-18)34-24-6-2-4-20(26(24)35-23)22-15-30(10-11-32-22)21-5-3-9-28-27(21)31/h2-9,12-13,16,22,29H,10-11,14-15H2,1H3,(H,28,31). The number of benzene rings is 2. The van der Waals surface area contributed by atoms with Crippen molar-refractivity contribution in [3.05, 3.63) is 92.5 Å². The van der Waals surface area contributed by atoms with Crippen LogP contribution >= 0.6 is 34.9 Å². The van der Waals surface area contributed by atoms with Crippen LogP contribution in [0.4, 0.5) is 11.4 Å². The lowest BCUT2D eigenvalue weighted by atomic mass is 10.1. The van der Waals surface area contributed by atoms with E-state index in [4.69, 9.17) is 4.74 Å². The Hall–Kier alpha value is -2.65. The number of aryl methyl sites for hydroxylation is 1. The number of anilines is 2. The van der Waals surface area contributed by atoms with Gasteiger partial charge in [-0.2, -0.15) is 0 Å². The first-order valence-corrected chi connectivity index (χ1v) is 14.1. The van der Waals surface area contributed by atoms with E-state index in [-0.39, 0.29) is 11.7 Å². The third-order valence-electron chi connectivity index (χ3n) is 6.19. The maximum Gasteiger partial charge on any atom is 0.271 e. The Balaban J connectivity index is 1.22. The molecule has 178 valence electrons. The number of pyridine rings is 1. The van der Waals surface area contributed by atoms with Crippen LogP contribution < -0.4 is 15.8 Å². The van der Waals surface area contributed by atoms with Crippen molar-refractivity contribution in [2.24, 2.45) is 0 Å². The van der Waals surface area contributed by atoms with E-state index in [2.05, 4.69) is 70.0 Å². The molecule has 0 saturated carbocycles. The number of hydrogen-bond donors (Lipinski definition) is 2. The van der Waals surface area contributed by atoms with Gasteiger partial charge in [0, 0.05) is 56.0 Å². The number of aromatic nitrogens is 1. The topological polar surface area (TPSA) is 57.4 Å². The van der Waals surface area contributed by atoms with Crippen LogP contribution in [0.3, 0.4) is 0 Å². The van der Waals surface area contributed by atoms with E-state index < -0.39 is 0 Å². The maximum atomic E-state index is 12.3. The monoisotopic (exact) mass is 519 g/mol. The van der Waals surface area contributed by atoms with Crippen molar-refractivity contribution >= 4 is 46.2 Å². The summed E-state index contributed by atoms with van der Waals surface area (Å²) in [5.41, 5.74) is 4.30. The number of nitrogens with zero attached hydrogens (tertiary/aromatic N) is 1. The Morgan fingerprint density at radius 2 is 2.03 bits per heavy atom. The summed E-state index contributed by atoms with van der Waals surface area (Å²) in [6, 6.07) is 19.1. The molecule has 2 aliphatic rings. The first-order chi connectivity index (χ1) is 17.1. The van der Waals surface area contributed by atoms with Crippen LogP contribution in [-0.2, 0) is 11.3 Å². The second-order valence-corrected chi connectivity index (χ2v) is 11.8. The molecule has 8 heteroatoms. The van der Waals surface area contributed by atoms with Gasteiger partial charge in [0.1, 0.15) is 11.8 Å². The number of fused-ring (bicyclic) bond motifs is 2. The largest absolute Gasteiger partial charge is 0.380 e. The number of rotatable bonds is 5. The van der Waals surface area contributed by atoms with Crippen LogP contribution in [0, 0.1) is 6.92 Å². The quantitative estimate of drug-likeness (QED) is 0.275. The van der Waals surface area contributed by atoms with Crippen LogP contribution in [0.1, 0.15) is 22.1 Å². The molecule has 2 aliphatic heterocycles. The van der Waals surface area contributed by atoms with Crippen LogP contribution in [-0.4, -0.2) is 24.7 Å². The van der Waals surface area contributed by atoms with Gasteiger partial charge in [-0.15, -0.1) is 11.3 Å². The predicted octanol–water partition coefficient (Wildman–Crippen LogP) is 6.55. The van der Waals surface area contributed by atoms with Gasteiger partial charge < -0.3 is 19.9 Å². The van der Waals surface area contributed by atoms with E-state index in [0.29, 0.717) is 25.4 Å². The van der Waals surface area contributed by atoms with E-state index in [1.54, 1.807) is 17.5 Å². The summed E-state index contributed by atoms with van der Waals surface area (Å²) in [5.74, 6) is 0. The van der Waals surface area contributed by atoms with Gasteiger partial charge in [-0.1, -0.05) is 35.7 Å². The van der Waals surface area contributed by atoms with Crippen LogP contribution in [0.15, 0.2) is 90.6 Å². The maximum absolute atomic E-state index is 12.3. The van der Waals surface area contributed by atoms with Crippen molar-refractivity contribution in [3.8, 4) is 0 Å². The number of H-pyrrole nitrogens is 1. The number of nitrogens with one attached hydrogen (secondary N) is 2. The molecule has 2 N–H and O–H groups in total. The smallest absolute Gasteiger partial charge is 0.271 e. The minimum atomic E-state index is -0.0804. The highest BCUT2D eigenvalue weighted by molar-refractivity contribution is 8.05. The van der Waals surface area contributed by atoms with Crippen molar-refractivity contribution in [1.82, 2.24) is 4.98 Å². The van der Waals surface area contributed by atoms with Crippen molar-refractivity contribution in [3.63, 3.8) is 0 Å². The normalized spacial score (nSPS) is 17.1. The second-order valence-electron chi connectivity index (χ2n) is 8.67. The van der Waals surface area contributed by atoms with Crippen LogP contribution in [0.2, 0.25) is 0 Å². The van der Waals surface area contributed by atoms with Gasteiger partial charge in [0.05, 0.1) is 6.61 Å². The molecule has 0 spiro atoms. The molecule has 0 amide bonds. The van der Waals surface area contributed by atoms with Crippen molar-refractivity contribution in [2.45, 2.75) is 39.2 Å². The minimum absolute atomic E-state index is 0.0549. The molecule has 2 aromatic carbocycles. The molecule has 6 rings (SSSR count). The van der Waals surface area contributed by atoms with Gasteiger partial charge in [0.25, 0.3) is 5.56 Å². The molecule has 1 fully saturated rings. The molecule has 1 saturated heterocycles. The predicted molar refractivity (Wildman–Crippen MR) is 145 cm³/mol. The Labute approximate surface area is 216 Å². The highest BCUT2D eigenvalue weighted by Crippen LogP contribution is 2.51. The van der Waals surface area contributed by atoms with Gasteiger partial charge in [0.2, 0.25) is 0 Å². The lowest BCUT2D eigenvalue weighted by Gasteiger charge is -2.35. The zero-order valence-corrected chi connectivity index (χ0v) is 21.7. The average Bonchev–Trinajstić information content (AvgIpc) is 3.31. The minimum Gasteiger partial charge on any atom is -0.380 e. The third-order valence-corrected chi connectivity index (χ3v) is 9.85. The fourth-order valence-corrected chi connectivity index (χ4v) is 7.74. The highest BCUT2D eigenvalue weighted by Gasteiger charge is 2.29.